The van der Waals surface area contributed by atoms with Crippen LogP contribution in [-0.2, 0) is 4.79 Å². The van der Waals surface area contributed by atoms with Gasteiger partial charge in [0.1, 0.15) is 5.82 Å². The van der Waals surface area contributed by atoms with Gasteiger partial charge in [-0.3, -0.25) is 4.79 Å². The molecule has 0 aliphatic heterocycles. The first kappa shape index (κ1) is 16.6. The lowest BCUT2D eigenvalue weighted by Crippen LogP contribution is -2.32. The minimum absolute atomic E-state index is 0.0751. The van der Waals surface area contributed by atoms with Crippen LogP contribution in [0, 0.1) is 11.7 Å². The van der Waals surface area contributed by atoms with Gasteiger partial charge in [-0.05, 0) is 48.4 Å². The molecule has 1 aliphatic rings. The third-order valence-corrected chi connectivity index (χ3v) is 4.68. The van der Waals surface area contributed by atoms with Crippen LogP contribution in [-0.4, -0.2) is 16.1 Å². The third-order valence-electron chi connectivity index (χ3n) is 4.68. The van der Waals surface area contributed by atoms with E-state index in [4.69, 9.17) is 0 Å². The van der Waals surface area contributed by atoms with Crippen molar-refractivity contribution >= 4 is 5.91 Å². The van der Waals surface area contributed by atoms with Crippen molar-refractivity contribution in [2.24, 2.45) is 5.92 Å². The zero-order chi connectivity index (χ0) is 17.3. The van der Waals surface area contributed by atoms with Crippen molar-refractivity contribution in [1.29, 1.82) is 0 Å². The number of hydrogen-bond donors (Lipinski definition) is 1. The van der Waals surface area contributed by atoms with E-state index in [1.54, 1.807) is 18.2 Å². The summed E-state index contributed by atoms with van der Waals surface area (Å²) in [6, 6.07) is 8.42. The Balaban J connectivity index is 2.08. The SMILES string of the molecule is CC(=O)NC1CCC(C(C)C)c2cc(-c3ccccc3F)nnc21. The standard InChI is InChI=1S/C19H22FN3O/c1-11(2)13-8-9-17(21-12(3)24)19-15(13)10-18(22-23-19)14-6-4-5-7-16(14)20/h4-7,10-11,13,17H,8-9H2,1-3H3,(H,21,24). The Morgan fingerprint density at radius 3 is 2.67 bits per heavy atom. The summed E-state index contributed by atoms with van der Waals surface area (Å²) in [6.45, 7) is 5.86. The second kappa shape index (κ2) is 6.67. The Kier molecular flexibility index (Phi) is 4.60. The molecule has 1 aromatic carbocycles. The van der Waals surface area contributed by atoms with Crippen molar-refractivity contribution in [1.82, 2.24) is 15.5 Å². The molecule has 1 heterocycles. The molecule has 0 bridgehead atoms. The fourth-order valence-electron chi connectivity index (χ4n) is 3.50. The molecule has 5 heteroatoms. The quantitative estimate of drug-likeness (QED) is 0.927. The predicted molar refractivity (Wildman–Crippen MR) is 90.8 cm³/mol. The number of nitrogens with zero attached hydrogens (tertiary/aromatic N) is 2. The number of benzene rings is 1. The van der Waals surface area contributed by atoms with Crippen LogP contribution in [0.15, 0.2) is 30.3 Å². The molecule has 3 rings (SSSR count). The predicted octanol–water partition coefficient (Wildman–Crippen LogP) is 3.99. The van der Waals surface area contributed by atoms with Gasteiger partial charge in [0.2, 0.25) is 5.91 Å². The lowest BCUT2D eigenvalue weighted by atomic mass is 9.77. The maximum absolute atomic E-state index is 14.1. The number of nitrogens with one attached hydrogen (secondary N) is 1. The number of rotatable bonds is 3. The Bertz CT molecular complexity index is 760. The molecule has 2 aromatic rings. The number of halogens is 1. The van der Waals surface area contributed by atoms with Crippen LogP contribution in [0.2, 0.25) is 0 Å². The van der Waals surface area contributed by atoms with Crippen molar-refractivity contribution in [3.63, 3.8) is 0 Å². The fourth-order valence-corrected chi connectivity index (χ4v) is 3.50. The van der Waals surface area contributed by atoms with Crippen molar-refractivity contribution in [3.8, 4) is 11.3 Å². The molecular weight excluding hydrogens is 305 g/mol. The molecular formula is C19H22FN3O. The zero-order valence-corrected chi connectivity index (χ0v) is 14.2. The Morgan fingerprint density at radius 1 is 1.25 bits per heavy atom. The number of hydrogen-bond acceptors (Lipinski definition) is 3. The lowest BCUT2D eigenvalue weighted by Gasteiger charge is -2.32. The second-order valence-electron chi connectivity index (χ2n) is 6.73. The van der Waals surface area contributed by atoms with Gasteiger partial charge in [-0.2, -0.15) is 10.2 Å². The average molecular weight is 327 g/mol. The summed E-state index contributed by atoms with van der Waals surface area (Å²) in [5.74, 6) is 0.404. The summed E-state index contributed by atoms with van der Waals surface area (Å²) < 4.78 is 14.1. The Labute approximate surface area is 141 Å². The number of aromatic nitrogens is 2. The normalized spacial score (nSPS) is 19.9. The van der Waals surface area contributed by atoms with E-state index in [0.717, 1.165) is 24.1 Å². The highest BCUT2D eigenvalue weighted by atomic mass is 19.1. The van der Waals surface area contributed by atoms with E-state index in [1.807, 2.05) is 6.07 Å². The van der Waals surface area contributed by atoms with Crippen molar-refractivity contribution in [3.05, 3.63) is 47.4 Å². The Morgan fingerprint density at radius 2 is 2.00 bits per heavy atom. The molecule has 1 aromatic heterocycles. The highest BCUT2D eigenvalue weighted by Crippen LogP contribution is 2.41. The van der Waals surface area contributed by atoms with Gasteiger partial charge in [0.25, 0.3) is 0 Å². The molecule has 2 atom stereocenters. The molecule has 2 unspecified atom stereocenters. The monoisotopic (exact) mass is 327 g/mol. The molecule has 0 radical (unpaired) electrons. The zero-order valence-electron chi connectivity index (χ0n) is 14.2. The summed E-state index contributed by atoms with van der Waals surface area (Å²) in [6.07, 6.45) is 1.82. The molecule has 4 nitrogen and oxygen atoms in total. The third kappa shape index (κ3) is 3.16. The summed E-state index contributed by atoms with van der Waals surface area (Å²) in [5.41, 5.74) is 2.89. The second-order valence-corrected chi connectivity index (χ2v) is 6.73. The van der Waals surface area contributed by atoms with E-state index in [9.17, 15) is 9.18 Å². The average Bonchev–Trinajstić information content (AvgIpc) is 2.54. The van der Waals surface area contributed by atoms with Gasteiger partial charge in [-0.15, -0.1) is 0 Å². The summed E-state index contributed by atoms with van der Waals surface area (Å²) >= 11 is 0. The minimum Gasteiger partial charge on any atom is -0.348 e. The fraction of sp³-hybridized carbons (Fsp3) is 0.421. The van der Waals surface area contributed by atoms with Gasteiger partial charge in [0, 0.05) is 12.5 Å². The van der Waals surface area contributed by atoms with Crippen LogP contribution in [0.5, 0.6) is 0 Å². The van der Waals surface area contributed by atoms with E-state index in [0.29, 0.717) is 23.1 Å². The summed E-state index contributed by atoms with van der Waals surface area (Å²) in [7, 11) is 0. The van der Waals surface area contributed by atoms with Crippen molar-refractivity contribution < 1.29 is 9.18 Å². The highest BCUT2D eigenvalue weighted by Gasteiger charge is 2.31. The number of fused-ring (bicyclic) bond motifs is 1. The van der Waals surface area contributed by atoms with Crippen LogP contribution in [0.3, 0.4) is 0 Å². The van der Waals surface area contributed by atoms with E-state index in [-0.39, 0.29) is 17.8 Å². The molecule has 0 saturated heterocycles. The van der Waals surface area contributed by atoms with Gasteiger partial charge < -0.3 is 5.32 Å². The molecule has 0 spiro atoms. The van der Waals surface area contributed by atoms with Gasteiger partial charge in [-0.25, -0.2) is 4.39 Å². The highest BCUT2D eigenvalue weighted by molar-refractivity contribution is 5.73. The molecule has 0 saturated carbocycles. The van der Waals surface area contributed by atoms with E-state index < -0.39 is 0 Å². The minimum atomic E-state index is -0.304. The largest absolute Gasteiger partial charge is 0.348 e. The van der Waals surface area contributed by atoms with Crippen molar-refractivity contribution in [2.45, 2.75) is 45.6 Å². The number of carbonyl (C=O) groups excluding carboxylic acids is 1. The molecule has 1 aliphatic carbocycles. The van der Waals surface area contributed by atoms with Crippen LogP contribution in [0.25, 0.3) is 11.3 Å². The maximum Gasteiger partial charge on any atom is 0.217 e. The molecule has 126 valence electrons. The van der Waals surface area contributed by atoms with E-state index in [1.165, 1.54) is 13.0 Å². The molecule has 1 N–H and O–H groups in total. The van der Waals surface area contributed by atoms with Gasteiger partial charge in [0.15, 0.2) is 0 Å². The van der Waals surface area contributed by atoms with Crippen LogP contribution < -0.4 is 5.32 Å². The van der Waals surface area contributed by atoms with Crippen LogP contribution in [0.4, 0.5) is 4.39 Å². The van der Waals surface area contributed by atoms with Gasteiger partial charge >= 0.3 is 0 Å². The van der Waals surface area contributed by atoms with Crippen LogP contribution >= 0.6 is 0 Å². The maximum atomic E-state index is 14.1. The summed E-state index contributed by atoms with van der Waals surface area (Å²) in [4.78, 5) is 11.5. The first-order chi connectivity index (χ1) is 11.5. The number of amides is 1. The molecule has 1 amide bonds. The topological polar surface area (TPSA) is 54.9 Å². The molecule has 0 fully saturated rings. The van der Waals surface area contributed by atoms with Crippen LogP contribution in [0.1, 0.15) is 56.8 Å². The van der Waals surface area contributed by atoms with Crippen molar-refractivity contribution in [2.75, 3.05) is 0 Å². The van der Waals surface area contributed by atoms with E-state index >= 15 is 0 Å². The first-order valence-electron chi connectivity index (χ1n) is 8.37. The first-order valence-corrected chi connectivity index (χ1v) is 8.37. The Hall–Kier alpha value is -2.30. The van der Waals surface area contributed by atoms with E-state index in [2.05, 4.69) is 29.4 Å². The van der Waals surface area contributed by atoms with Gasteiger partial charge in [-0.1, -0.05) is 26.0 Å². The number of carbonyl (C=O) groups is 1. The van der Waals surface area contributed by atoms with Gasteiger partial charge in [0.05, 0.1) is 17.4 Å². The smallest absolute Gasteiger partial charge is 0.217 e. The lowest BCUT2D eigenvalue weighted by molar-refractivity contribution is -0.119. The molecule has 24 heavy (non-hydrogen) atoms. The summed E-state index contributed by atoms with van der Waals surface area (Å²) in [5, 5.41) is 11.6.